The van der Waals surface area contributed by atoms with Crippen LogP contribution in [0.25, 0.3) is 0 Å². The Balaban J connectivity index is 1.68. The topological polar surface area (TPSA) is 131 Å². The fourth-order valence-electron chi connectivity index (χ4n) is 3.04. The molecule has 0 spiro atoms. The highest BCUT2D eigenvalue weighted by molar-refractivity contribution is 7.92. The summed E-state index contributed by atoms with van der Waals surface area (Å²) < 4.78 is 58.4. The van der Waals surface area contributed by atoms with Gasteiger partial charge in [0.15, 0.2) is 0 Å². The quantitative estimate of drug-likeness (QED) is 0.407. The Morgan fingerprint density at radius 3 is 2.03 bits per heavy atom. The standard InChI is InChI=1S/C23H25N3O6S2/c1-4-32-20-10-6-19(7-11-20)25-34(30,31)21-12-8-18(9-13-21)24-23(27)17-5-14-22(16(2)15-17)26-33(3,28)29/h5-15,25-26H,4H2,1-3H3,(H,24,27). The van der Waals surface area contributed by atoms with Gasteiger partial charge in [0.2, 0.25) is 10.0 Å². The van der Waals surface area contributed by atoms with Gasteiger partial charge in [0.1, 0.15) is 5.75 Å². The number of benzene rings is 3. The summed E-state index contributed by atoms with van der Waals surface area (Å²) in [6.45, 7) is 4.06. The number of aryl methyl sites for hydroxylation is 1. The van der Waals surface area contributed by atoms with Crippen LogP contribution >= 0.6 is 0 Å². The molecule has 0 aromatic heterocycles. The highest BCUT2D eigenvalue weighted by Gasteiger charge is 2.15. The lowest BCUT2D eigenvalue weighted by molar-refractivity contribution is 0.102. The van der Waals surface area contributed by atoms with Crippen LogP contribution in [-0.4, -0.2) is 35.6 Å². The maximum Gasteiger partial charge on any atom is 0.261 e. The minimum absolute atomic E-state index is 0.0337. The van der Waals surface area contributed by atoms with E-state index >= 15 is 0 Å². The van der Waals surface area contributed by atoms with E-state index in [2.05, 4.69) is 14.8 Å². The van der Waals surface area contributed by atoms with Gasteiger partial charge in [0.25, 0.3) is 15.9 Å². The first kappa shape index (κ1) is 25.1. The number of amides is 1. The van der Waals surface area contributed by atoms with Crippen LogP contribution in [0.3, 0.4) is 0 Å². The van der Waals surface area contributed by atoms with Crippen LogP contribution in [0.2, 0.25) is 0 Å². The van der Waals surface area contributed by atoms with E-state index in [4.69, 9.17) is 4.74 Å². The van der Waals surface area contributed by atoms with Crippen molar-refractivity contribution in [3.05, 3.63) is 77.9 Å². The second-order valence-electron chi connectivity index (χ2n) is 7.45. The molecule has 0 aliphatic carbocycles. The van der Waals surface area contributed by atoms with Gasteiger partial charge in [0.05, 0.1) is 23.4 Å². The van der Waals surface area contributed by atoms with Gasteiger partial charge in [-0.2, -0.15) is 0 Å². The average molecular weight is 504 g/mol. The highest BCUT2D eigenvalue weighted by Crippen LogP contribution is 2.22. The Hall–Kier alpha value is -3.57. The van der Waals surface area contributed by atoms with Gasteiger partial charge in [-0.25, -0.2) is 16.8 Å². The molecule has 0 aliphatic rings. The van der Waals surface area contributed by atoms with E-state index in [1.54, 1.807) is 37.3 Å². The molecule has 34 heavy (non-hydrogen) atoms. The Labute approximate surface area is 199 Å². The van der Waals surface area contributed by atoms with Gasteiger partial charge in [-0.1, -0.05) is 0 Å². The lowest BCUT2D eigenvalue weighted by atomic mass is 10.1. The molecule has 11 heteroatoms. The molecule has 3 rings (SSSR count). The van der Waals surface area contributed by atoms with E-state index < -0.39 is 26.0 Å². The first-order chi connectivity index (χ1) is 16.0. The van der Waals surface area contributed by atoms with Gasteiger partial charge in [-0.05, 0) is 86.1 Å². The van der Waals surface area contributed by atoms with E-state index in [0.717, 1.165) is 6.26 Å². The van der Waals surface area contributed by atoms with E-state index in [-0.39, 0.29) is 4.90 Å². The molecule has 3 N–H and O–H groups in total. The SMILES string of the molecule is CCOc1ccc(NS(=O)(=O)c2ccc(NC(=O)c3ccc(NS(C)(=O)=O)c(C)c3)cc2)cc1. The maximum absolute atomic E-state index is 12.7. The molecule has 0 unspecified atom stereocenters. The summed E-state index contributed by atoms with van der Waals surface area (Å²) in [4.78, 5) is 12.6. The number of hydrogen-bond donors (Lipinski definition) is 3. The number of nitrogens with one attached hydrogen (secondary N) is 3. The van der Waals surface area contributed by atoms with Gasteiger partial charge in [-0.15, -0.1) is 0 Å². The van der Waals surface area contributed by atoms with Crippen molar-refractivity contribution in [1.29, 1.82) is 0 Å². The molecule has 180 valence electrons. The van der Waals surface area contributed by atoms with Gasteiger partial charge >= 0.3 is 0 Å². The molecule has 3 aromatic carbocycles. The third kappa shape index (κ3) is 6.72. The number of ether oxygens (including phenoxy) is 1. The van der Waals surface area contributed by atoms with Gasteiger partial charge < -0.3 is 10.1 Å². The fraction of sp³-hybridized carbons (Fsp3) is 0.174. The summed E-state index contributed by atoms with van der Waals surface area (Å²) in [5.41, 5.74) is 2.09. The molecule has 0 atom stereocenters. The smallest absolute Gasteiger partial charge is 0.261 e. The van der Waals surface area contributed by atoms with Crippen LogP contribution in [0, 0.1) is 6.92 Å². The summed E-state index contributed by atoms with van der Waals surface area (Å²) in [6.07, 6.45) is 1.05. The van der Waals surface area contributed by atoms with E-state index in [0.29, 0.717) is 40.5 Å². The zero-order valence-electron chi connectivity index (χ0n) is 18.8. The summed E-state index contributed by atoms with van der Waals surface area (Å²) in [5, 5.41) is 2.69. The average Bonchev–Trinajstić information content (AvgIpc) is 2.76. The van der Waals surface area contributed by atoms with Crippen LogP contribution in [0.5, 0.6) is 5.75 Å². The van der Waals surface area contributed by atoms with Crippen LogP contribution in [0.4, 0.5) is 17.1 Å². The molecule has 0 fully saturated rings. The molecule has 0 heterocycles. The molecule has 9 nitrogen and oxygen atoms in total. The van der Waals surface area contributed by atoms with E-state index in [9.17, 15) is 21.6 Å². The Kier molecular flexibility index (Phi) is 7.48. The van der Waals surface area contributed by atoms with Crippen LogP contribution < -0.4 is 19.5 Å². The lowest BCUT2D eigenvalue weighted by Gasteiger charge is -2.11. The molecular formula is C23H25N3O6S2. The first-order valence-electron chi connectivity index (χ1n) is 10.2. The van der Waals surface area contributed by atoms with Crippen molar-refractivity contribution in [2.24, 2.45) is 0 Å². The molecule has 0 saturated heterocycles. The van der Waals surface area contributed by atoms with Crippen LogP contribution in [0.1, 0.15) is 22.8 Å². The van der Waals surface area contributed by atoms with Gasteiger partial charge in [0, 0.05) is 16.9 Å². The summed E-state index contributed by atoms with van der Waals surface area (Å²) in [5.74, 6) is 0.221. The molecule has 0 aliphatic heterocycles. The summed E-state index contributed by atoms with van der Waals surface area (Å²) in [6, 6.07) is 16.9. The number of carbonyl (C=O) groups is 1. The van der Waals surface area contributed by atoms with Crippen molar-refractivity contribution in [2.75, 3.05) is 27.6 Å². The van der Waals surface area contributed by atoms with Crippen molar-refractivity contribution < 1.29 is 26.4 Å². The predicted molar refractivity (Wildman–Crippen MR) is 132 cm³/mol. The minimum atomic E-state index is -3.82. The molecule has 0 saturated carbocycles. The molecular weight excluding hydrogens is 478 g/mol. The number of rotatable bonds is 9. The number of anilines is 3. The lowest BCUT2D eigenvalue weighted by Crippen LogP contribution is -2.15. The Morgan fingerprint density at radius 2 is 1.47 bits per heavy atom. The number of hydrogen-bond acceptors (Lipinski definition) is 6. The van der Waals surface area contributed by atoms with Crippen molar-refractivity contribution >= 4 is 43.0 Å². The largest absolute Gasteiger partial charge is 0.494 e. The minimum Gasteiger partial charge on any atom is -0.494 e. The molecule has 0 bridgehead atoms. The monoisotopic (exact) mass is 503 g/mol. The number of sulfonamides is 2. The molecule has 1 amide bonds. The zero-order valence-corrected chi connectivity index (χ0v) is 20.5. The highest BCUT2D eigenvalue weighted by atomic mass is 32.2. The van der Waals surface area contributed by atoms with Crippen molar-refractivity contribution in [1.82, 2.24) is 0 Å². The number of carbonyl (C=O) groups excluding carboxylic acids is 1. The first-order valence-corrected chi connectivity index (χ1v) is 13.6. The predicted octanol–water partition coefficient (Wildman–Crippen LogP) is 3.82. The second kappa shape index (κ2) is 10.1. The van der Waals surface area contributed by atoms with E-state index in [1.165, 1.54) is 36.4 Å². The zero-order chi connectivity index (χ0) is 24.9. The van der Waals surface area contributed by atoms with E-state index in [1.807, 2.05) is 6.92 Å². The van der Waals surface area contributed by atoms with Gasteiger partial charge in [-0.3, -0.25) is 14.2 Å². The maximum atomic E-state index is 12.7. The Morgan fingerprint density at radius 1 is 0.853 bits per heavy atom. The molecule has 0 radical (unpaired) electrons. The Bertz CT molecular complexity index is 1390. The second-order valence-corrected chi connectivity index (χ2v) is 10.9. The normalized spacial score (nSPS) is 11.5. The summed E-state index contributed by atoms with van der Waals surface area (Å²) in [7, 11) is -7.25. The fourth-order valence-corrected chi connectivity index (χ4v) is 4.73. The summed E-state index contributed by atoms with van der Waals surface area (Å²) >= 11 is 0. The van der Waals surface area contributed by atoms with Crippen LogP contribution in [-0.2, 0) is 20.0 Å². The van der Waals surface area contributed by atoms with Crippen molar-refractivity contribution in [3.8, 4) is 5.75 Å². The third-order valence-corrected chi connectivity index (χ3v) is 6.61. The molecule has 3 aromatic rings. The van der Waals surface area contributed by atoms with Crippen molar-refractivity contribution in [3.63, 3.8) is 0 Å². The van der Waals surface area contributed by atoms with Crippen LogP contribution in [0.15, 0.2) is 71.6 Å². The third-order valence-electron chi connectivity index (χ3n) is 4.62. The van der Waals surface area contributed by atoms with Crippen molar-refractivity contribution in [2.45, 2.75) is 18.7 Å².